The van der Waals surface area contributed by atoms with Crippen LogP contribution in [0.2, 0.25) is 5.02 Å². The zero-order valence-corrected chi connectivity index (χ0v) is 20.3. The number of benzene rings is 2. The van der Waals surface area contributed by atoms with Crippen molar-refractivity contribution < 1.29 is 14.3 Å². The molecule has 0 aliphatic carbocycles. The third-order valence-electron chi connectivity index (χ3n) is 4.38. The van der Waals surface area contributed by atoms with Crippen LogP contribution in [0.5, 0.6) is 5.75 Å². The summed E-state index contributed by atoms with van der Waals surface area (Å²) < 4.78 is 6.47. The Morgan fingerprint density at radius 2 is 1.80 bits per heavy atom. The standard InChI is InChI=1S/C23H28BrClN2O3/c1-15-6-8-17(9-7-15)13-27(16(2)22(29)26-23(3,4)5)21(28)14-30-20-11-10-18(24)12-19(20)25/h6-12,16H,13-14H2,1-5H3,(H,26,29)/t16-/m0/s1. The molecule has 0 aliphatic heterocycles. The fourth-order valence-corrected chi connectivity index (χ4v) is 3.49. The quantitative estimate of drug-likeness (QED) is 0.580. The highest BCUT2D eigenvalue weighted by Gasteiger charge is 2.28. The monoisotopic (exact) mass is 494 g/mol. The number of ether oxygens (including phenoxy) is 1. The average molecular weight is 496 g/mol. The highest BCUT2D eigenvalue weighted by atomic mass is 79.9. The minimum absolute atomic E-state index is 0.218. The molecule has 0 radical (unpaired) electrons. The summed E-state index contributed by atoms with van der Waals surface area (Å²) in [6.45, 7) is 9.52. The highest BCUT2D eigenvalue weighted by molar-refractivity contribution is 9.10. The molecule has 2 aromatic rings. The maximum Gasteiger partial charge on any atom is 0.261 e. The minimum Gasteiger partial charge on any atom is -0.482 e. The number of nitrogens with one attached hydrogen (secondary N) is 1. The SMILES string of the molecule is Cc1ccc(CN(C(=O)COc2ccc(Br)cc2Cl)[C@@H](C)C(=O)NC(C)(C)C)cc1. The lowest BCUT2D eigenvalue weighted by Gasteiger charge is -2.31. The van der Waals surface area contributed by atoms with Gasteiger partial charge < -0.3 is 15.0 Å². The molecule has 0 unspecified atom stereocenters. The Labute approximate surface area is 191 Å². The van der Waals surface area contributed by atoms with Gasteiger partial charge in [0, 0.05) is 16.6 Å². The van der Waals surface area contributed by atoms with Crippen LogP contribution in [0.15, 0.2) is 46.9 Å². The number of hydrogen-bond acceptors (Lipinski definition) is 3. The van der Waals surface area contributed by atoms with Gasteiger partial charge in [-0.15, -0.1) is 0 Å². The van der Waals surface area contributed by atoms with Crippen LogP contribution in [-0.4, -0.2) is 34.9 Å². The van der Waals surface area contributed by atoms with Crippen molar-refractivity contribution in [2.24, 2.45) is 0 Å². The molecule has 0 spiro atoms. The predicted molar refractivity (Wildman–Crippen MR) is 124 cm³/mol. The van der Waals surface area contributed by atoms with Gasteiger partial charge in [0.25, 0.3) is 5.91 Å². The van der Waals surface area contributed by atoms with E-state index in [4.69, 9.17) is 16.3 Å². The van der Waals surface area contributed by atoms with Crippen molar-refractivity contribution >= 4 is 39.3 Å². The van der Waals surface area contributed by atoms with E-state index in [1.54, 1.807) is 25.1 Å². The molecule has 0 saturated heterocycles. The van der Waals surface area contributed by atoms with Gasteiger partial charge in [-0.05, 0) is 58.4 Å². The van der Waals surface area contributed by atoms with Crippen molar-refractivity contribution in [1.29, 1.82) is 0 Å². The Morgan fingerprint density at radius 1 is 1.17 bits per heavy atom. The normalized spacial score (nSPS) is 12.2. The molecule has 2 rings (SSSR count). The second-order valence-corrected chi connectivity index (χ2v) is 9.61. The van der Waals surface area contributed by atoms with Gasteiger partial charge in [0.2, 0.25) is 5.91 Å². The molecule has 7 heteroatoms. The number of aryl methyl sites for hydroxylation is 1. The lowest BCUT2D eigenvalue weighted by atomic mass is 10.1. The Morgan fingerprint density at radius 3 is 2.37 bits per heavy atom. The van der Waals surface area contributed by atoms with E-state index in [1.807, 2.05) is 52.0 Å². The van der Waals surface area contributed by atoms with E-state index in [9.17, 15) is 9.59 Å². The molecule has 0 aromatic heterocycles. The van der Waals surface area contributed by atoms with Crippen molar-refractivity contribution in [2.75, 3.05) is 6.61 Å². The second kappa shape index (κ2) is 10.3. The van der Waals surface area contributed by atoms with Gasteiger partial charge in [-0.3, -0.25) is 9.59 Å². The Kier molecular flexibility index (Phi) is 8.33. The zero-order chi connectivity index (χ0) is 22.5. The molecule has 0 aliphatic rings. The van der Waals surface area contributed by atoms with Crippen LogP contribution in [0, 0.1) is 6.92 Å². The van der Waals surface area contributed by atoms with Crippen LogP contribution < -0.4 is 10.1 Å². The van der Waals surface area contributed by atoms with Crippen molar-refractivity contribution in [1.82, 2.24) is 10.2 Å². The number of rotatable bonds is 7. The van der Waals surface area contributed by atoms with E-state index in [1.165, 1.54) is 4.90 Å². The number of carbonyl (C=O) groups excluding carboxylic acids is 2. The molecule has 0 fully saturated rings. The Balaban J connectivity index is 2.18. The van der Waals surface area contributed by atoms with Crippen molar-refractivity contribution in [3.63, 3.8) is 0 Å². The predicted octanol–water partition coefficient (Wildman–Crippen LogP) is 5.12. The molecule has 1 atom stereocenters. The number of carbonyl (C=O) groups is 2. The number of hydrogen-bond donors (Lipinski definition) is 1. The van der Waals surface area contributed by atoms with Crippen molar-refractivity contribution in [2.45, 2.75) is 52.7 Å². The molecule has 2 aromatic carbocycles. The highest BCUT2D eigenvalue weighted by Crippen LogP contribution is 2.27. The van der Waals surface area contributed by atoms with Crippen molar-refractivity contribution in [3.05, 3.63) is 63.1 Å². The second-order valence-electron chi connectivity index (χ2n) is 8.29. The molecule has 30 heavy (non-hydrogen) atoms. The topological polar surface area (TPSA) is 58.6 Å². The van der Waals surface area contributed by atoms with Crippen LogP contribution in [0.4, 0.5) is 0 Å². The first-order chi connectivity index (χ1) is 14.0. The molecule has 0 saturated carbocycles. The van der Waals surface area contributed by atoms with Gasteiger partial charge in [0.05, 0.1) is 5.02 Å². The molecular weight excluding hydrogens is 468 g/mol. The summed E-state index contributed by atoms with van der Waals surface area (Å²) in [7, 11) is 0. The van der Waals surface area contributed by atoms with Crippen LogP contribution in [-0.2, 0) is 16.1 Å². The molecule has 2 amide bonds. The van der Waals surface area contributed by atoms with Gasteiger partial charge in [-0.1, -0.05) is 57.4 Å². The Bertz CT molecular complexity index is 894. The van der Waals surface area contributed by atoms with Gasteiger partial charge in [-0.25, -0.2) is 0 Å². The van der Waals surface area contributed by atoms with Gasteiger partial charge in [0.1, 0.15) is 11.8 Å². The number of amides is 2. The number of halogens is 2. The Hall–Kier alpha value is -2.05. The molecule has 1 N–H and O–H groups in total. The molecule has 5 nitrogen and oxygen atoms in total. The minimum atomic E-state index is -0.665. The van der Waals surface area contributed by atoms with E-state index in [2.05, 4.69) is 21.2 Å². The van der Waals surface area contributed by atoms with Crippen molar-refractivity contribution in [3.8, 4) is 5.75 Å². The van der Waals surface area contributed by atoms with Crippen LogP contribution in [0.3, 0.4) is 0 Å². The summed E-state index contributed by atoms with van der Waals surface area (Å²) in [5.74, 6) is -0.106. The van der Waals surface area contributed by atoms with E-state index in [-0.39, 0.29) is 18.4 Å². The smallest absolute Gasteiger partial charge is 0.261 e. The molecular formula is C23H28BrClN2O3. The lowest BCUT2D eigenvalue weighted by molar-refractivity contribution is -0.142. The van der Waals surface area contributed by atoms with E-state index < -0.39 is 11.6 Å². The fourth-order valence-electron chi connectivity index (χ4n) is 2.76. The summed E-state index contributed by atoms with van der Waals surface area (Å²) in [6, 6.07) is 12.4. The first-order valence-electron chi connectivity index (χ1n) is 9.71. The third-order valence-corrected chi connectivity index (χ3v) is 5.17. The van der Waals surface area contributed by atoms with Gasteiger partial charge >= 0.3 is 0 Å². The third kappa shape index (κ3) is 7.33. The molecule has 0 bridgehead atoms. The number of nitrogens with zero attached hydrogens (tertiary/aromatic N) is 1. The maximum atomic E-state index is 13.0. The largest absolute Gasteiger partial charge is 0.482 e. The van der Waals surface area contributed by atoms with E-state index >= 15 is 0 Å². The van der Waals surface area contributed by atoms with Gasteiger partial charge in [0.15, 0.2) is 6.61 Å². The zero-order valence-electron chi connectivity index (χ0n) is 18.0. The molecule has 0 heterocycles. The van der Waals surface area contributed by atoms with Crippen LogP contribution in [0.25, 0.3) is 0 Å². The average Bonchev–Trinajstić information content (AvgIpc) is 2.64. The van der Waals surface area contributed by atoms with Crippen LogP contribution in [0.1, 0.15) is 38.8 Å². The van der Waals surface area contributed by atoms with E-state index in [0.717, 1.165) is 15.6 Å². The van der Waals surface area contributed by atoms with E-state index in [0.29, 0.717) is 17.3 Å². The summed E-state index contributed by atoms with van der Waals surface area (Å²) in [6.07, 6.45) is 0. The van der Waals surface area contributed by atoms with Gasteiger partial charge in [-0.2, -0.15) is 0 Å². The first-order valence-corrected chi connectivity index (χ1v) is 10.9. The van der Waals surface area contributed by atoms with Crippen LogP contribution >= 0.6 is 27.5 Å². The fraction of sp³-hybridized carbons (Fsp3) is 0.391. The summed E-state index contributed by atoms with van der Waals surface area (Å²) in [5.41, 5.74) is 1.67. The lowest BCUT2D eigenvalue weighted by Crippen LogP contribution is -2.53. The first kappa shape index (κ1) is 24.2. The molecule has 162 valence electrons. The summed E-state index contributed by atoms with van der Waals surface area (Å²) >= 11 is 9.52. The summed E-state index contributed by atoms with van der Waals surface area (Å²) in [5, 5.41) is 3.34. The summed E-state index contributed by atoms with van der Waals surface area (Å²) in [4.78, 5) is 27.3. The maximum absolute atomic E-state index is 13.0.